The standard InChI is InChI=1S/C16H15NO3/c1-11(18)13-5-3-4-6-14(13)20-15-8-7-12(10-17)9-16(15)19-2/h3-9,11,18H,1-2H3/t11-/m0/s1. The monoisotopic (exact) mass is 269 g/mol. The van der Waals surface area contributed by atoms with Crippen LogP contribution in [0.15, 0.2) is 42.5 Å². The molecule has 0 saturated heterocycles. The molecule has 1 atom stereocenters. The van der Waals surface area contributed by atoms with E-state index in [0.717, 1.165) is 0 Å². The summed E-state index contributed by atoms with van der Waals surface area (Å²) in [6.07, 6.45) is -0.629. The van der Waals surface area contributed by atoms with E-state index in [9.17, 15) is 5.11 Å². The minimum Gasteiger partial charge on any atom is -0.493 e. The van der Waals surface area contributed by atoms with Crippen molar-refractivity contribution in [2.75, 3.05) is 7.11 Å². The third-order valence-electron chi connectivity index (χ3n) is 2.88. The fourth-order valence-electron chi connectivity index (χ4n) is 1.86. The van der Waals surface area contributed by atoms with Crippen LogP contribution in [0.4, 0.5) is 0 Å². The number of aliphatic hydroxyl groups excluding tert-OH is 1. The normalized spacial score (nSPS) is 11.5. The summed E-state index contributed by atoms with van der Waals surface area (Å²) < 4.78 is 11.0. The second-order valence-corrected chi connectivity index (χ2v) is 4.29. The number of benzene rings is 2. The van der Waals surface area contributed by atoms with Gasteiger partial charge in [0.05, 0.1) is 24.8 Å². The molecule has 0 saturated carbocycles. The maximum Gasteiger partial charge on any atom is 0.169 e. The molecule has 2 aromatic carbocycles. The average Bonchev–Trinajstić information content (AvgIpc) is 2.48. The maximum atomic E-state index is 9.74. The Morgan fingerprint density at radius 1 is 1.10 bits per heavy atom. The second-order valence-electron chi connectivity index (χ2n) is 4.29. The van der Waals surface area contributed by atoms with Crippen molar-refractivity contribution < 1.29 is 14.6 Å². The van der Waals surface area contributed by atoms with Gasteiger partial charge in [-0.05, 0) is 25.1 Å². The van der Waals surface area contributed by atoms with Crippen molar-refractivity contribution in [3.05, 3.63) is 53.6 Å². The van der Waals surface area contributed by atoms with Gasteiger partial charge in [-0.1, -0.05) is 18.2 Å². The smallest absolute Gasteiger partial charge is 0.169 e. The largest absolute Gasteiger partial charge is 0.493 e. The Morgan fingerprint density at radius 3 is 2.50 bits per heavy atom. The average molecular weight is 269 g/mol. The Balaban J connectivity index is 2.38. The van der Waals surface area contributed by atoms with E-state index >= 15 is 0 Å². The van der Waals surface area contributed by atoms with E-state index in [1.807, 2.05) is 18.2 Å². The highest BCUT2D eigenvalue weighted by molar-refractivity contribution is 5.49. The van der Waals surface area contributed by atoms with E-state index in [0.29, 0.717) is 28.4 Å². The molecule has 4 nitrogen and oxygen atoms in total. The molecule has 0 aliphatic rings. The summed E-state index contributed by atoms with van der Waals surface area (Å²) in [5, 5.41) is 18.6. The van der Waals surface area contributed by atoms with Crippen LogP contribution < -0.4 is 9.47 Å². The Hall–Kier alpha value is -2.51. The van der Waals surface area contributed by atoms with Gasteiger partial charge < -0.3 is 14.6 Å². The van der Waals surface area contributed by atoms with Crippen LogP contribution in [-0.2, 0) is 0 Å². The first-order valence-electron chi connectivity index (χ1n) is 6.18. The first-order chi connectivity index (χ1) is 9.65. The Kier molecular flexibility index (Phi) is 4.24. The zero-order valence-electron chi connectivity index (χ0n) is 11.3. The minimum atomic E-state index is -0.629. The van der Waals surface area contributed by atoms with Gasteiger partial charge in [0.1, 0.15) is 5.75 Å². The zero-order chi connectivity index (χ0) is 14.5. The van der Waals surface area contributed by atoms with Gasteiger partial charge in [-0.3, -0.25) is 0 Å². The topological polar surface area (TPSA) is 62.5 Å². The van der Waals surface area contributed by atoms with Crippen molar-refractivity contribution in [1.82, 2.24) is 0 Å². The number of aliphatic hydroxyl groups is 1. The molecule has 102 valence electrons. The van der Waals surface area contributed by atoms with Crippen LogP contribution in [-0.4, -0.2) is 12.2 Å². The van der Waals surface area contributed by atoms with Crippen molar-refractivity contribution in [2.45, 2.75) is 13.0 Å². The van der Waals surface area contributed by atoms with Crippen LogP contribution in [0.3, 0.4) is 0 Å². The third kappa shape index (κ3) is 2.90. The Morgan fingerprint density at radius 2 is 1.85 bits per heavy atom. The summed E-state index contributed by atoms with van der Waals surface area (Å²) in [5.74, 6) is 1.54. The molecular formula is C16H15NO3. The van der Waals surface area contributed by atoms with Gasteiger partial charge in [0, 0.05) is 11.6 Å². The summed E-state index contributed by atoms with van der Waals surface area (Å²) in [7, 11) is 1.52. The highest BCUT2D eigenvalue weighted by atomic mass is 16.5. The maximum absolute atomic E-state index is 9.74. The van der Waals surface area contributed by atoms with E-state index in [1.54, 1.807) is 37.3 Å². The molecule has 2 aromatic rings. The van der Waals surface area contributed by atoms with E-state index < -0.39 is 6.10 Å². The van der Waals surface area contributed by atoms with Crippen LogP contribution >= 0.6 is 0 Å². The number of nitriles is 1. The molecule has 2 rings (SSSR count). The van der Waals surface area contributed by atoms with Gasteiger partial charge in [0.25, 0.3) is 0 Å². The highest BCUT2D eigenvalue weighted by Gasteiger charge is 2.12. The van der Waals surface area contributed by atoms with Gasteiger partial charge in [-0.15, -0.1) is 0 Å². The first-order valence-corrected chi connectivity index (χ1v) is 6.18. The quantitative estimate of drug-likeness (QED) is 0.923. The molecule has 0 heterocycles. The lowest BCUT2D eigenvalue weighted by molar-refractivity contribution is 0.195. The molecule has 0 spiro atoms. The number of para-hydroxylation sites is 1. The first kappa shape index (κ1) is 13.9. The summed E-state index contributed by atoms with van der Waals surface area (Å²) in [6.45, 7) is 1.68. The van der Waals surface area contributed by atoms with Crippen molar-refractivity contribution in [2.24, 2.45) is 0 Å². The van der Waals surface area contributed by atoms with E-state index in [4.69, 9.17) is 14.7 Å². The fourth-order valence-corrected chi connectivity index (χ4v) is 1.86. The molecule has 0 fully saturated rings. The lowest BCUT2D eigenvalue weighted by Crippen LogP contribution is -1.97. The SMILES string of the molecule is COc1cc(C#N)ccc1Oc1ccccc1[C@H](C)O. The van der Waals surface area contributed by atoms with Crippen LogP contribution in [0.2, 0.25) is 0 Å². The van der Waals surface area contributed by atoms with Crippen molar-refractivity contribution in [1.29, 1.82) is 5.26 Å². The number of ether oxygens (including phenoxy) is 2. The highest BCUT2D eigenvalue weighted by Crippen LogP contribution is 2.35. The van der Waals surface area contributed by atoms with Crippen molar-refractivity contribution in [3.63, 3.8) is 0 Å². The van der Waals surface area contributed by atoms with E-state index in [1.165, 1.54) is 7.11 Å². The summed E-state index contributed by atoms with van der Waals surface area (Å²) in [6, 6.07) is 14.2. The van der Waals surface area contributed by atoms with Gasteiger partial charge >= 0.3 is 0 Å². The Bertz CT molecular complexity index is 644. The van der Waals surface area contributed by atoms with Gasteiger partial charge in [0.15, 0.2) is 11.5 Å². The Labute approximate surface area is 117 Å². The predicted molar refractivity (Wildman–Crippen MR) is 74.9 cm³/mol. The molecule has 0 aliphatic heterocycles. The number of methoxy groups -OCH3 is 1. The summed E-state index contributed by atoms with van der Waals surface area (Å²) >= 11 is 0. The summed E-state index contributed by atoms with van der Waals surface area (Å²) in [5.41, 5.74) is 1.19. The molecule has 0 aliphatic carbocycles. The number of nitrogens with zero attached hydrogens (tertiary/aromatic N) is 1. The number of hydrogen-bond acceptors (Lipinski definition) is 4. The molecule has 1 N–H and O–H groups in total. The van der Waals surface area contributed by atoms with Gasteiger partial charge in [-0.2, -0.15) is 5.26 Å². The third-order valence-corrected chi connectivity index (χ3v) is 2.88. The zero-order valence-corrected chi connectivity index (χ0v) is 11.3. The van der Waals surface area contributed by atoms with Crippen molar-refractivity contribution >= 4 is 0 Å². The molecular weight excluding hydrogens is 254 g/mol. The molecule has 0 bridgehead atoms. The minimum absolute atomic E-state index is 0.476. The molecule has 20 heavy (non-hydrogen) atoms. The van der Waals surface area contributed by atoms with Crippen LogP contribution in [0.1, 0.15) is 24.2 Å². The van der Waals surface area contributed by atoms with E-state index in [-0.39, 0.29) is 0 Å². The van der Waals surface area contributed by atoms with Gasteiger partial charge in [0.2, 0.25) is 0 Å². The molecule has 0 unspecified atom stereocenters. The van der Waals surface area contributed by atoms with Crippen molar-refractivity contribution in [3.8, 4) is 23.3 Å². The van der Waals surface area contributed by atoms with Gasteiger partial charge in [-0.25, -0.2) is 0 Å². The lowest BCUT2D eigenvalue weighted by Gasteiger charge is -2.15. The number of hydrogen-bond donors (Lipinski definition) is 1. The number of rotatable bonds is 4. The predicted octanol–water partition coefficient (Wildman–Crippen LogP) is 3.41. The van der Waals surface area contributed by atoms with E-state index in [2.05, 4.69) is 0 Å². The van der Waals surface area contributed by atoms with Crippen LogP contribution in [0.5, 0.6) is 17.2 Å². The molecule has 0 aromatic heterocycles. The molecule has 0 amide bonds. The second kappa shape index (κ2) is 6.09. The molecule has 0 radical (unpaired) electrons. The summed E-state index contributed by atoms with van der Waals surface area (Å²) in [4.78, 5) is 0. The van der Waals surface area contributed by atoms with Crippen LogP contribution in [0.25, 0.3) is 0 Å². The molecule has 4 heteroatoms. The fraction of sp³-hybridized carbons (Fsp3) is 0.188. The van der Waals surface area contributed by atoms with Crippen LogP contribution in [0, 0.1) is 11.3 Å². The lowest BCUT2D eigenvalue weighted by atomic mass is 10.1.